The summed E-state index contributed by atoms with van der Waals surface area (Å²) in [5.41, 5.74) is 4.89. The molecule has 6 rings (SSSR count). The maximum Gasteiger partial charge on any atom is 0.240 e. The van der Waals surface area contributed by atoms with Crippen molar-refractivity contribution in [1.29, 1.82) is 0 Å². The minimum absolute atomic E-state index is 0.0931. The molecule has 4 atom stereocenters. The monoisotopic (exact) mass is 531 g/mol. The molecule has 2 aromatic carbocycles. The summed E-state index contributed by atoms with van der Waals surface area (Å²) >= 11 is 39.3. The number of hydrogen-bond donors (Lipinski definition) is 0. The minimum atomic E-state index is -1.93. The van der Waals surface area contributed by atoms with E-state index in [-0.39, 0.29) is 10.1 Å². The van der Waals surface area contributed by atoms with Crippen molar-refractivity contribution in [2.45, 2.75) is 20.5 Å². The van der Waals surface area contributed by atoms with Crippen molar-refractivity contribution in [3.8, 4) is 11.1 Å². The van der Waals surface area contributed by atoms with Crippen molar-refractivity contribution < 1.29 is 9.59 Å². The summed E-state index contributed by atoms with van der Waals surface area (Å²) in [4.78, 5) is 24.5. The van der Waals surface area contributed by atoms with Gasteiger partial charge in [-0.05, 0) is 40.8 Å². The van der Waals surface area contributed by atoms with E-state index in [0.717, 1.165) is 21.6 Å². The van der Waals surface area contributed by atoms with Gasteiger partial charge in [0.1, 0.15) is 9.75 Å². The molecular weight excluding hydrogens is 523 g/mol. The second-order valence-corrected chi connectivity index (χ2v) is 11.5. The van der Waals surface area contributed by atoms with E-state index >= 15 is 0 Å². The Morgan fingerprint density at radius 2 is 1.32 bits per heavy atom. The zero-order valence-electron chi connectivity index (χ0n) is 15.4. The van der Waals surface area contributed by atoms with Crippen molar-refractivity contribution in [3.63, 3.8) is 0 Å². The first-order chi connectivity index (χ1) is 14.6. The Bertz CT molecular complexity index is 1230. The standard InChI is InChI=1S/C22H11Cl6NO2/c23-16-17(24)21(26)15-14(20(16,25)22(21,27)28)18(30)29(19(15)31)11-5-6-13-10(8-11)7-9-3-1-2-4-12(9)13/h1-6,8,14-15H,7H2/t14-,15-,20+,21+/m1/s1. The highest BCUT2D eigenvalue weighted by atomic mass is 35.5. The minimum Gasteiger partial charge on any atom is -0.274 e. The molecular formula is C22H11Cl6NO2. The summed E-state index contributed by atoms with van der Waals surface area (Å²) < 4.78 is -1.93. The van der Waals surface area contributed by atoms with E-state index in [1.54, 1.807) is 6.07 Å². The van der Waals surface area contributed by atoms with Crippen LogP contribution in [0.1, 0.15) is 11.1 Å². The average Bonchev–Trinajstić information content (AvgIpc) is 3.31. The Kier molecular flexibility index (Phi) is 4.09. The number of carbonyl (C=O) groups excluding carboxylic acids is 2. The number of imide groups is 1. The van der Waals surface area contributed by atoms with Gasteiger partial charge in [0.2, 0.25) is 11.8 Å². The third-order valence-electron chi connectivity index (χ3n) is 6.94. The lowest BCUT2D eigenvalue weighted by Gasteiger charge is -2.34. The zero-order valence-corrected chi connectivity index (χ0v) is 20.0. The predicted molar refractivity (Wildman–Crippen MR) is 124 cm³/mol. The Hall–Kier alpha value is -0.940. The molecule has 0 radical (unpaired) electrons. The van der Waals surface area contributed by atoms with E-state index in [2.05, 4.69) is 12.1 Å². The number of amides is 2. The van der Waals surface area contributed by atoms with Crippen LogP contribution < -0.4 is 4.90 Å². The molecule has 1 saturated carbocycles. The van der Waals surface area contributed by atoms with Gasteiger partial charge >= 0.3 is 0 Å². The second-order valence-electron chi connectivity index (χ2n) is 8.27. The molecule has 0 unspecified atom stereocenters. The van der Waals surface area contributed by atoms with Crippen LogP contribution in [0.2, 0.25) is 0 Å². The fourth-order valence-electron chi connectivity index (χ4n) is 5.52. The summed E-state index contributed by atoms with van der Waals surface area (Å²) in [6, 6.07) is 13.6. The third kappa shape index (κ3) is 2.08. The van der Waals surface area contributed by atoms with E-state index in [0.29, 0.717) is 12.1 Å². The fraction of sp³-hybridized carbons (Fsp3) is 0.273. The number of nitrogens with zero attached hydrogens (tertiary/aromatic N) is 1. The molecule has 1 heterocycles. The quantitative estimate of drug-likeness (QED) is 0.275. The maximum absolute atomic E-state index is 13.5. The first kappa shape index (κ1) is 20.7. The van der Waals surface area contributed by atoms with Gasteiger partial charge in [0.15, 0.2) is 4.33 Å². The van der Waals surface area contributed by atoms with Crippen LogP contribution in [-0.2, 0) is 16.0 Å². The van der Waals surface area contributed by atoms with Gasteiger partial charge in [-0.2, -0.15) is 0 Å². The number of alkyl halides is 4. The van der Waals surface area contributed by atoms with Gasteiger partial charge in [0, 0.05) is 0 Å². The lowest BCUT2D eigenvalue weighted by molar-refractivity contribution is -0.123. The molecule has 9 heteroatoms. The Balaban J connectivity index is 1.46. The molecule has 1 aliphatic heterocycles. The van der Waals surface area contributed by atoms with Crippen LogP contribution in [0.15, 0.2) is 52.5 Å². The van der Waals surface area contributed by atoms with Gasteiger partial charge in [-0.1, -0.05) is 76.7 Å². The fourth-order valence-corrected chi connectivity index (χ4v) is 8.45. The van der Waals surface area contributed by atoms with Gasteiger partial charge < -0.3 is 0 Å². The van der Waals surface area contributed by atoms with Crippen LogP contribution in [-0.4, -0.2) is 25.9 Å². The molecule has 2 aromatic rings. The Morgan fingerprint density at radius 3 is 1.94 bits per heavy atom. The van der Waals surface area contributed by atoms with Crippen molar-refractivity contribution in [2.24, 2.45) is 11.8 Å². The van der Waals surface area contributed by atoms with Crippen LogP contribution in [0.4, 0.5) is 5.69 Å². The molecule has 0 spiro atoms. The zero-order chi connectivity index (χ0) is 22.1. The molecule has 31 heavy (non-hydrogen) atoms. The van der Waals surface area contributed by atoms with Gasteiger partial charge in [0.25, 0.3) is 0 Å². The van der Waals surface area contributed by atoms with Crippen LogP contribution in [0.25, 0.3) is 11.1 Å². The van der Waals surface area contributed by atoms with Crippen LogP contribution in [0, 0.1) is 11.8 Å². The van der Waals surface area contributed by atoms with Crippen LogP contribution in [0.5, 0.6) is 0 Å². The first-order valence-electron chi connectivity index (χ1n) is 9.47. The van der Waals surface area contributed by atoms with Gasteiger partial charge in [-0.15, -0.1) is 23.2 Å². The third-order valence-corrected chi connectivity index (χ3v) is 11.2. The normalized spacial score (nSPS) is 34.5. The highest BCUT2D eigenvalue weighted by molar-refractivity contribution is 6.67. The van der Waals surface area contributed by atoms with Gasteiger partial charge in [-0.25, -0.2) is 4.90 Å². The summed E-state index contributed by atoms with van der Waals surface area (Å²) in [5.74, 6) is -3.35. The number of halogens is 6. The van der Waals surface area contributed by atoms with E-state index in [1.165, 1.54) is 5.56 Å². The topological polar surface area (TPSA) is 37.4 Å². The van der Waals surface area contributed by atoms with Crippen LogP contribution in [0.3, 0.4) is 0 Å². The molecule has 0 aromatic heterocycles. The largest absolute Gasteiger partial charge is 0.274 e. The Labute approximate surface area is 207 Å². The average molecular weight is 534 g/mol. The van der Waals surface area contributed by atoms with E-state index in [4.69, 9.17) is 69.6 Å². The lowest BCUT2D eigenvalue weighted by atomic mass is 9.84. The number of hydrogen-bond acceptors (Lipinski definition) is 2. The summed E-state index contributed by atoms with van der Waals surface area (Å²) in [6.45, 7) is 0. The molecule has 3 aliphatic carbocycles. The molecule has 0 N–H and O–H groups in total. The molecule has 3 nitrogen and oxygen atoms in total. The van der Waals surface area contributed by atoms with Crippen LogP contribution >= 0.6 is 69.6 Å². The highest BCUT2D eigenvalue weighted by Crippen LogP contribution is 2.77. The molecule has 2 amide bonds. The Morgan fingerprint density at radius 1 is 0.774 bits per heavy atom. The molecule has 4 aliphatic rings. The number of benzene rings is 2. The number of anilines is 1. The SMILES string of the molecule is O=C1[C@H]2[C@H](C(=O)N1c1ccc3c(c1)Cc1ccccc1-3)[C@]1(Cl)C(Cl)=C(Cl)[C@]2(Cl)C1(Cl)Cl. The van der Waals surface area contributed by atoms with E-state index in [1.807, 2.05) is 24.3 Å². The smallest absolute Gasteiger partial charge is 0.240 e. The molecule has 2 fully saturated rings. The molecule has 2 bridgehead atoms. The highest BCUT2D eigenvalue weighted by Gasteiger charge is 2.87. The van der Waals surface area contributed by atoms with Gasteiger partial charge in [-0.3, -0.25) is 9.59 Å². The van der Waals surface area contributed by atoms with Crippen molar-refractivity contribution in [3.05, 3.63) is 63.7 Å². The summed E-state index contributed by atoms with van der Waals surface area (Å²) in [5, 5.41) is -0.186. The number of carbonyl (C=O) groups is 2. The summed E-state index contributed by atoms with van der Waals surface area (Å²) in [6.07, 6.45) is 0.715. The van der Waals surface area contributed by atoms with E-state index < -0.39 is 37.7 Å². The van der Waals surface area contributed by atoms with E-state index in [9.17, 15) is 9.59 Å². The van der Waals surface area contributed by atoms with Gasteiger partial charge in [0.05, 0.1) is 27.6 Å². The second kappa shape index (κ2) is 6.14. The van der Waals surface area contributed by atoms with Crippen molar-refractivity contribution in [2.75, 3.05) is 4.90 Å². The predicted octanol–water partition coefficient (Wildman–Crippen LogP) is 6.21. The number of allylic oxidation sites excluding steroid dienone is 2. The van der Waals surface area contributed by atoms with Crippen molar-refractivity contribution in [1.82, 2.24) is 0 Å². The lowest BCUT2D eigenvalue weighted by Crippen LogP contribution is -2.50. The van der Waals surface area contributed by atoms with Crippen molar-refractivity contribution >= 4 is 87.1 Å². The maximum atomic E-state index is 13.5. The number of fused-ring (bicyclic) bond motifs is 8. The summed E-state index contributed by atoms with van der Waals surface area (Å²) in [7, 11) is 0. The molecule has 1 saturated heterocycles. The molecule has 158 valence electrons. The first-order valence-corrected chi connectivity index (χ1v) is 11.7. The number of rotatable bonds is 1.